The number of para-hydroxylation sites is 1. The van der Waals surface area contributed by atoms with Gasteiger partial charge in [0.25, 0.3) is 5.91 Å². The number of amides is 1. The summed E-state index contributed by atoms with van der Waals surface area (Å²) in [5.74, 6) is 2.00. The van der Waals surface area contributed by atoms with Gasteiger partial charge in [-0.1, -0.05) is 18.2 Å². The summed E-state index contributed by atoms with van der Waals surface area (Å²) < 4.78 is 16.6. The van der Waals surface area contributed by atoms with E-state index >= 15 is 0 Å². The van der Waals surface area contributed by atoms with E-state index in [1.165, 1.54) is 0 Å². The SMILES string of the molecule is COc1ccc2c(c1)OCC(C(=O)NCc1cc3ccccc3o1)=C2. The Morgan fingerprint density at radius 1 is 1.20 bits per heavy atom. The van der Waals surface area contributed by atoms with Gasteiger partial charge in [-0.05, 0) is 30.3 Å². The molecular formula is C20H17NO4. The van der Waals surface area contributed by atoms with Crippen LogP contribution in [-0.4, -0.2) is 19.6 Å². The molecule has 1 amide bonds. The number of nitrogens with one attached hydrogen (secondary N) is 1. The van der Waals surface area contributed by atoms with Gasteiger partial charge in [0.1, 0.15) is 29.4 Å². The van der Waals surface area contributed by atoms with Crippen molar-refractivity contribution in [2.45, 2.75) is 6.54 Å². The van der Waals surface area contributed by atoms with Crippen LogP contribution < -0.4 is 14.8 Å². The van der Waals surface area contributed by atoms with Crippen molar-refractivity contribution in [3.8, 4) is 11.5 Å². The van der Waals surface area contributed by atoms with Gasteiger partial charge in [0.05, 0.1) is 19.2 Å². The lowest BCUT2D eigenvalue weighted by Crippen LogP contribution is -2.28. The molecule has 0 saturated heterocycles. The summed E-state index contributed by atoms with van der Waals surface area (Å²) in [5.41, 5.74) is 2.25. The third-order valence-corrected chi connectivity index (χ3v) is 4.13. The van der Waals surface area contributed by atoms with E-state index in [0.29, 0.717) is 17.9 Å². The second kappa shape index (κ2) is 6.36. The Hall–Kier alpha value is -3.21. The van der Waals surface area contributed by atoms with Crippen molar-refractivity contribution < 1.29 is 18.7 Å². The molecule has 1 aliphatic rings. The Morgan fingerprint density at radius 3 is 2.92 bits per heavy atom. The molecule has 4 rings (SSSR count). The lowest BCUT2D eigenvalue weighted by molar-refractivity contribution is -0.118. The Kier molecular flexibility index (Phi) is 3.90. The summed E-state index contributed by atoms with van der Waals surface area (Å²) >= 11 is 0. The van der Waals surface area contributed by atoms with Crippen LogP contribution in [0.25, 0.3) is 17.0 Å². The Labute approximate surface area is 144 Å². The van der Waals surface area contributed by atoms with Crippen molar-refractivity contribution in [3.63, 3.8) is 0 Å². The van der Waals surface area contributed by atoms with Gasteiger partial charge < -0.3 is 19.2 Å². The summed E-state index contributed by atoms with van der Waals surface area (Å²) in [5, 5.41) is 3.90. The van der Waals surface area contributed by atoms with E-state index in [1.807, 2.05) is 54.6 Å². The monoisotopic (exact) mass is 335 g/mol. The van der Waals surface area contributed by atoms with E-state index in [4.69, 9.17) is 13.9 Å². The Bertz CT molecular complexity index is 938. The summed E-state index contributed by atoms with van der Waals surface area (Å²) in [4.78, 5) is 12.4. The molecule has 0 spiro atoms. The number of rotatable bonds is 4. The van der Waals surface area contributed by atoms with Gasteiger partial charge in [0.2, 0.25) is 0 Å². The minimum absolute atomic E-state index is 0.165. The van der Waals surface area contributed by atoms with Gasteiger partial charge in [-0.2, -0.15) is 0 Å². The highest BCUT2D eigenvalue weighted by atomic mass is 16.5. The molecule has 0 radical (unpaired) electrons. The lowest BCUT2D eigenvalue weighted by Gasteiger charge is -2.18. The minimum Gasteiger partial charge on any atom is -0.497 e. The molecule has 0 aliphatic carbocycles. The normalized spacial score (nSPS) is 12.9. The highest BCUT2D eigenvalue weighted by Gasteiger charge is 2.18. The molecule has 0 saturated carbocycles. The van der Waals surface area contributed by atoms with Gasteiger partial charge >= 0.3 is 0 Å². The molecule has 1 N–H and O–H groups in total. The fraction of sp³-hybridized carbons (Fsp3) is 0.150. The molecule has 5 heteroatoms. The number of ether oxygens (including phenoxy) is 2. The van der Waals surface area contributed by atoms with Crippen LogP contribution in [0.5, 0.6) is 11.5 Å². The first-order chi connectivity index (χ1) is 12.2. The zero-order valence-electron chi connectivity index (χ0n) is 13.7. The first-order valence-corrected chi connectivity index (χ1v) is 8.00. The summed E-state index contributed by atoms with van der Waals surface area (Å²) in [7, 11) is 1.61. The maximum Gasteiger partial charge on any atom is 0.251 e. The van der Waals surface area contributed by atoms with Crippen molar-refractivity contribution in [2.24, 2.45) is 0 Å². The second-order valence-corrected chi connectivity index (χ2v) is 5.80. The van der Waals surface area contributed by atoms with E-state index in [1.54, 1.807) is 7.11 Å². The van der Waals surface area contributed by atoms with Crippen LogP contribution in [0, 0.1) is 0 Å². The zero-order valence-corrected chi connectivity index (χ0v) is 13.7. The topological polar surface area (TPSA) is 60.7 Å². The van der Waals surface area contributed by atoms with E-state index < -0.39 is 0 Å². The van der Waals surface area contributed by atoms with E-state index in [9.17, 15) is 4.79 Å². The van der Waals surface area contributed by atoms with Crippen LogP contribution in [0.15, 0.2) is 58.5 Å². The smallest absolute Gasteiger partial charge is 0.251 e. The molecule has 0 atom stereocenters. The first kappa shape index (κ1) is 15.3. The molecule has 1 aromatic heterocycles. The number of hydrogen-bond donors (Lipinski definition) is 1. The lowest BCUT2D eigenvalue weighted by atomic mass is 10.1. The number of benzene rings is 2. The van der Waals surface area contributed by atoms with Gasteiger partial charge in [0.15, 0.2) is 0 Å². The number of methoxy groups -OCH3 is 1. The highest BCUT2D eigenvalue weighted by Crippen LogP contribution is 2.30. The number of fused-ring (bicyclic) bond motifs is 2. The molecule has 0 bridgehead atoms. The van der Waals surface area contributed by atoms with Crippen molar-refractivity contribution in [2.75, 3.05) is 13.7 Å². The largest absolute Gasteiger partial charge is 0.497 e. The quantitative estimate of drug-likeness (QED) is 0.792. The summed E-state index contributed by atoms with van der Waals surface area (Å²) in [6, 6.07) is 15.2. The van der Waals surface area contributed by atoms with Gasteiger partial charge in [-0.3, -0.25) is 4.79 Å². The molecule has 2 heterocycles. The second-order valence-electron chi connectivity index (χ2n) is 5.80. The molecule has 3 aromatic rings. The minimum atomic E-state index is -0.165. The van der Waals surface area contributed by atoms with Crippen LogP contribution in [0.2, 0.25) is 0 Å². The maximum atomic E-state index is 12.4. The molecular weight excluding hydrogens is 318 g/mol. The average Bonchev–Trinajstić information content (AvgIpc) is 3.08. The average molecular weight is 335 g/mol. The molecule has 1 aliphatic heterocycles. The molecule has 5 nitrogen and oxygen atoms in total. The summed E-state index contributed by atoms with van der Waals surface area (Å²) in [6.07, 6.45) is 1.84. The van der Waals surface area contributed by atoms with E-state index in [2.05, 4.69) is 5.32 Å². The molecule has 126 valence electrons. The number of carbonyl (C=O) groups is 1. The Morgan fingerprint density at radius 2 is 2.08 bits per heavy atom. The van der Waals surface area contributed by atoms with Crippen LogP contribution in [0.3, 0.4) is 0 Å². The van der Waals surface area contributed by atoms with Crippen molar-refractivity contribution in [1.82, 2.24) is 5.32 Å². The van der Waals surface area contributed by atoms with Crippen LogP contribution >= 0.6 is 0 Å². The molecule has 0 unspecified atom stereocenters. The third kappa shape index (κ3) is 3.08. The maximum absolute atomic E-state index is 12.4. The Balaban J connectivity index is 1.46. The van der Waals surface area contributed by atoms with Crippen molar-refractivity contribution in [1.29, 1.82) is 0 Å². The number of carbonyl (C=O) groups excluding carboxylic acids is 1. The van der Waals surface area contributed by atoms with Crippen LogP contribution in [0.4, 0.5) is 0 Å². The fourth-order valence-corrected chi connectivity index (χ4v) is 2.81. The van der Waals surface area contributed by atoms with Gasteiger partial charge in [0, 0.05) is 17.0 Å². The van der Waals surface area contributed by atoms with E-state index in [0.717, 1.165) is 28.0 Å². The van der Waals surface area contributed by atoms with E-state index in [-0.39, 0.29) is 12.5 Å². The predicted octanol–water partition coefficient (Wildman–Crippen LogP) is 3.53. The fourth-order valence-electron chi connectivity index (χ4n) is 2.81. The standard InChI is InChI=1S/C20H17NO4/c1-23-16-7-6-14-8-15(12-24-19(14)10-16)20(22)21-11-17-9-13-4-2-3-5-18(13)25-17/h2-10H,11-12H2,1H3,(H,21,22). The van der Waals surface area contributed by atoms with Crippen molar-refractivity contribution in [3.05, 3.63) is 65.4 Å². The molecule has 0 fully saturated rings. The van der Waals surface area contributed by atoms with Gasteiger partial charge in [-0.15, -0.1) is 0 Å². The predicted molar refractivity (Wildman–Crippen MR) is 94.5 cm³/mol. The van der Waals surface area contributed by atoms with Crippen molar-refractivity contribution >= 4 is 23.0 Å². The number of hydrogen-bond acceptors (Lipinski definition) is 4. The first-order valence-electron chi connectivity index (χ1n) is 8.00. The van der Waals surface area contributed by atoms with Gasteiger partial charge in [-0.25, -0.2) is 0 Å². The van der Waals surface area contributed by atoms with Crippen LogP contribution in [-0.2, 0) is 11.3 Å². The zero-order chi connectivity index (χ0) is 17.2. The number of furan rings is 1. The highest BCUT2D eigenvalue weighted by molar-refractivity contribution is 5.99. The van der Waals surface area contributed by atoms with Crippen LogP contribution in [0.1, 0.15) is 11.3 Å². The third-order valence-electron chi connectivity index (χ3n) is 4.13. The molecule has 2 aromatic carbocycles. The summed E-state index contributed by atoms with van der Waals surface area (Å²) in [6.45, 7) is 0.562. The molecule has 25 heavy (non-hydrogen) atoms.